The van der Waals surface area contributed by atoms with Crippen LogP contribution in [0.1, 0.15) is 35.4 Å². The third kappa shape index (κ3) is 5.45. The van der Waals surface area contributed by atoms with E-state index in [0.29, 0.717) is 6.04 Å². The maximum atomic E-state index is 13.0. The molecular formula is C23H28N4O3S. The van der Waals surface area contributed by atoms with Crippen LogP contribution in [0.15, 0.2) is 35.7 Å². The van der Waals surface area contributed by atoms with E-state index in [1.165, 1.54) is 0 Å². The highest BCUT2D eigenvalue weighted by Crippen LogP contribution is 2.30. The van der Waals surface area contributed by atoms with Gasteiger partial charge in [-0.15, -0.1) is 11.3 Å². The van der Waals surface area contributed by atoms with E-state index in [-0.39, 0.29) is 12.4 Å². The largest absolute Gasteiger partial charge is 0.483 e. The van der Waals surface area contributed by atoms with E-state index >= 15 is 0 Å². The van der Waals surface area contributed by atoms with Crippen molar-refractivity contribution in [2.75, 3.05) is 27.2 Å². The summed E-state index contributed by atoms with van der Waals surface area (Å²) in [5.41, 5.74) is 3.70. The zero-order valence-corrected chi connectivity index (χ0v) is 18.9. The van der Waals surface area contributed by atoms with Gasteiger partial charge in [-0.05, 0) is 63.9 Å². The number of hydrogen-bond acceptors (Lipinski definition) is 6. The van der Waals surface area contributed by atoms with Crippen molar-refractivity contribution in [1.82, 2.24) is 19.8 Å². The van der Waals surface area contributed by atoms with Crippen LogP contribution in [0, 0.1) is 6.92 Å². The zero-order valence-electron chi connectivity index (χ0n) is 18.1. The fourth-order valence-corrected chi connectivity index (χ4v) is 4.77. The Morgan fingerprint density at radius 3 is 2.55 bits per heavy atom. The first-order valence-corrected chi connectivity index (χ1v) is 11.2. The van der Waals surface area contributed by atoms with Crippen molar-refractivity contribution < 1.29 is 14.7 Å². The number of rotatable bonds is 3. The summed E-state index contributed by atoms with van der Waals surface area (Å²) in [6.07, 6.45) is 3.25. The number of carbonyl (C=O) groups excluding carboxylic acids is 1. The normalized spacial score (nSPS) is 16.5. The molecule has 0 radical (unpaired) electrons. The lowest BCUT2D eigenvalue weighted by Crippen LogP contribution is -2.33. The van der Waals surface area contributed by atoms with Gasteiger partial charge in [0, 0.05) is 30.3 Å². The number of amides is 1. The Kier molecular flexibility index (Phi) is 7.70. The minimum atomic E-state index is -0.250. The molecule has 4 rings (SSSR count). The number of carboxylic acid groups (broad SMARTS) is 1. The lowest BCUT2D eigenvalue weighted by atomic mass is 10.1. The highest BCUT2D eigenvalue weighted by Gasteiger charge is 2.22. The number of aromatic nitrogens is 2. The Labute approximate surface area is 186 Å². The van der Waals surface area contributed by atoms with Gasteiger partial charge in [-0.25, -0.2) is 9.97 Å². The Hall–Kier alpha value is -2.84. The molecule has 1 aromatic carbocycles. The number of carbonyl (C=O) groups is 2. The van der Waals surface area contributed by atoms with Crippen LogP contribution < -0.4 is 0 Å². The molecule has 1 fully saturated rings. The minimum absolute atomic E-state index is 0.131. The molecule has 164 valence electrons. The summed E-state index contributed by atoms with van der Waals surface area (Å²) in [4.78, 5) is 34.8. The fourth-order valence-electron chi connectivity index (χ4n) is 3.93. The molecule has 1 amide bonds. The Morgan fingerprint density at radius 1 is 1.16 bits per heavy atom. The Balaban J connectivity index is 0.000000858. The van der Waals surface area contributed by atoms with Crippen LogP contribution in [0.3, 0.4) is 0 Å². The molecule has 0 spiro atoms. The SMILES string of the molecule is Cc1nc(-c2ccc(C(=O)N3CCCC(N(C)C)CC3)cc2)c2sccc2n1.O=CO. The molecular weight excluding hydrogens is 412 g/mol. The number of benzene rings is 1. The zero-order chi connectivity index (χ0) is 22.4. The van der Waals surface area contributed by atoms with E-state index in [1.807, 2.05) is 47.5 Å². The van der Waals surface area contributed by atoms with E-state index in [4.69, 9.17) is 9.90 Å². The summed E-state index contributed by atoms with van der Waals surface area (Å²) in [6.45, 7) is 3.33. The number of thiophene rings is 1. The van der Waals surface area contributed by atoms with Gasteiger partial charge in [0.05, 0.1) is 15.9 Å². The van der Waals surface area contributed by atoms with Gasteiger partial charge in [0.2, 0.25) is 0 Å². The summed E-state index contributed by atoms with van der Waals surface area (Å²) in [5, 5.41) is 8.93. The first-order chi connectivity index (χ1) is 14.9. The van der Waals surface area contributed by atoms with Crippen molar-refractivity contribution in [1.29, 1.82) is 0 Å². The van der Waals surface area contributed by atoms with Crippen molar-refractivity contribution in [3.63, 3.8) is 0 Å². The van der Waals surface area contributed by atoms with E-state index in [1.54, 1.807) is 11.3 Å². The summed E-state index contributed by atoms with van der Waals surface area (Å²) in [5.74, 6) is 0.896. The molecule has 0 bridgehead atoms. The third-order valence-corrected chi connectivity index (χ3v) is 6.45. The second-order valence-corrected chi connectivity index (χ2v) is 8.69. The molecule has 1 aliphatic heterocycles. The smallest absolute Gasteiger partial charge is 0.290 e. The molecule has 8 heteroatoms. The molecule has 1 unspecified atom stereocenters. The number of likely N-dealkylation sites (tertiary alicyclic amines) is 1. The number of nitrogens with zero attached hydrogens (tertiary/aromatic N) is 4. The first kappa shape index (κ1) is 22.8. The molecule has 3 heterocycles. The highest BCUT2D eigenvalue weighted by atomic mass is 32.1. The number of aryl methyl sites for hydroxylation is 1. The fraction of sp³-hybridized carbons (Fsp3) is 0.391. The predicted molar refractivity (Wildman–Crippen MR) is 124 cm³/mol. The molecule has 1 atom stereocenters. The molecule has 0 saturated carbocycles. The van der Waals surface area contributed by atoms with E-state index in [0.717, 1.165) is 65.2 Å². The van der Waals surface area contributed by atoms with Crippen molar-refractivity contribution in [2.45, 2.75) is 32.2 Å². The van der Waals surface area contributed by atoms with Gasteiger partial charge in [-0.1, -0.05) is 12.1 Å². The topological polar surface area (TPSA) is 86.6 Å². The van der Waals surface area contributed by atoms with Crippen molar-refractivity contribution >= 4 is 33.9 Å². The van der Waals surface area contributed by atoms with Gasteiger partial charge >= 0.3 is 0 Å². The number of fused-ring (bicyclic) bond motifs is 1. The Morgan fingerprint density at radius 2 is 1.87 bits per heavy atom. The second kappa shape index (κ2) is 10.5. The summed E-state index contributed by atoms with van der Waals surface area (Å²) >= 11 is 1.65. The molecule has 0 aliphatic carbocycles. The Bertz CT molecular complexity index is 1030. The molecule has 1 saturated heterocycles. The van der Waals surface area contributed by atoms with Crippen LogP contribution in [-0.4, -0.2) is 70.5 Å². The quantitative estimate of drug-likeness (QED) is 0.621. The van der Waals surface area contributed by atoms with Crippen LogP contribution >= 0.6 is 11.3 Å². The summed E-state index contributed by atoms with van der Waals surface area (Å²) in [6, 6.07) is 10.5. The van der Waals surface area contributed by atoms with Crippen molar-refractivity contribution in [2.24, 2.45) is 0 Å². The van der Waals surface area contributed by atoms with E-state index in [2.05, 4.69) is 29.0 Å². The van der Waals surface area contributed by atoms with Gasteiger partial charge < -0.3 is 14.9 Å². The minimum Gasteiger partial charge on any atom is -0.483 e. The van der Waals surface area contributed by atoms with Crippen LogP contribution in [0.25, 0.3) is 21.5 Å². The van der Waals surface area contributed by atoms with Gasteiger partial charge in [0.25, 0.3) is 12.4 Å². The standard InChI is InChI=1S/C22H26N4OS.CH2O2/c1-15-23-19-11-14-28-21(19)20(24-15)16-6-8-17(9-7-16)22(27)26-12-4-5-18(10-13-26)25(2)3;2-1-3/h6-9,11,14,18H,4-5,10,12-13H2,1-3H3;1H,(H,2,3). The molecule has 1 aliphatic rings. The van der Waals surface area contributed by atoms with E-state index < -0.39 is 0 Å². The van der Waals surface area contributed by atoms with Gasteiger partial charge in [-0.2, -0.15) is 0 Å². The van der Waals surface area contributed by atoms with Gasteiger partial charge in [0.1, 0.15) is 5.82 Å². The second-order valence-electron chi connectivity index (χ2n) is 7.78. The van der Waals surface area contributed by atoms with Crippen LogP contribution in [0.2, 0.25) is 0 Å². The average Bonchev–Trinajstić information content (AvgIpc) is 3.08. The molecule has 2 aromatic heterocycles. The molecule has 1 N–H and O–H groups in total. The lowest BCUT2D eigenvalue weighted by molar-refractivity contribution is -0.122. The highest BCUT2D eigenvalue weighted by molar-refractivity contribution is 7.17. The first-order valence-electron chi connectivity index (χ1n) is 10.3. The molecule has 31 heavy (non-hydrogen) atoms. The molecule has 7 nitrogen and oxygen atoms in total. The monoisotopic (exact) mass is 440 g/mol. The lowest BCUT2D eigenvalue weighted by Gasteiger charge is -2.23. The number of hydrogen-bond donors (Lipinski definition) is 1. The van der Waals surface area contributed by atoms with Gasteiger partial charge in [-0.3, -0.25) is 9.59 Å². The van der Waals surface area contributed by atoms with Crippen LogP contribution in [0.4, 0.5) is 0 Å². The van der Waals surface area contributed by atoms with Crippen LogP contribution in [-0.2, 0) is 4.79 Å². The maximum Gasteiger partial charge on any atom is 0.290 e. The van der Waals surface area contributed by atoms with Gasteiger partial charge in [0.15, 0.2) is 0 Å². The van der Waals surface area contributed by atoms with Crippen molar-refractivity contribution in [3.05, 3.63) is 47.1 Å². The average molecular weight is 441 g/mol. The van der Waals surface area contributed by atoms with E-state index in [9.17, 15) is 4.79 Å². The predicted octanol–water partition coefficient (Wildman–Crippen LogP) is 3.92. The summed E-state index contributed by atoms with van der Waals surface area (Å²) < 4.78 is 1.09. The molecule has 3 aromatic rings. The van der Waals surface area contributed by atoms with Crippen LogP contribution in [0.5, 0.6) is 0 Å². The summed E-state index contributed by atoms with van der Waals surface area (Å²) in [7, 11) is 4.25. The maximum absolute atomic E-state index is 13.0. The third-order valence-electron chi connectivity index (χ3n) is 5.54. The van der Waals surface area contributed by atoms with Crippen molar-refractivity contribution in [3.8, 4) is 11.3 Å².